The zero-order valence-corrected chi connectivity index (χ0v) is 12.8. The van der Waals surface area contributed by atoms with Gasteiger partial charge in [0.25, 0.3) is 0 Å². The standard InChI is InChI=1S/C16H36N2/c1-3-5-12-16(18,13-6-4-2)14-10-8-7-9-11-15-17/h3-15,17-18H2,1-2H3. The molecule has 2 heteroatoms. The summed E-state index contributed by atoms with van der Waals surface area (Å²) >= 11 is 0. The van der Waals surface area contributed by atoms with Crippen LogP contribution >= 0.6 is 0 Å². The van der Waals surface area contributed by atoms with Crippen LogP contribution in [0.2, 0.25) is 0 Å². The van der Waals surface area contributed by atoms with Crippen molar-refractivity contribution >= 4 is 0 Å². The van der Waals surface area contributed by atoms with E-state index in [1.54, 1.807) is 0 Å². The molecule has 4 N–H and O–H groups in total. The lowest BCUT2D eigenvalue weighted by atomic mass is 9.83. The van der Waals surface area contributed by atoms with Gasteiger partial charge in [0, 0.05) is 5.54 Å². The smallest absolute Gasteiger partial charge is 0.0154 e. The first-order chi connectivity index (χ1) is 8.68. The van der Waals surface area contributed by atoms with Crippen LogP contribution in [0.1, 0.15) is 90.9 Å². The first-order valence-electron chi connectivity index (χ1n) is 8.17. The second kappa shape index (κ2) is 12.0. The first kappa shape index (κ1) is 17.9. The highest BCUT2D eigenvalue weighted by Gasteiger charge is 2.22. The van der Waals surface area contributed by atoms with Gasteiger partial charge in [-0.15, -0.1) is 0 Å². The Bertz CT molecular complexity index is 160. The molecule has 0 fully saturated rings. The van der Waals surface area contributed by atoms with Gasteiger partial charge in [-0.3, -0.25) is 0 Å². The van der Waals surface area contributed by atoms with Gasteiger partial charge in [-0.1, -0.05) is 65.2 Å². The number of hydrogen-bond donors (Lipinski definition) is 2. The number of hydrogen-bond acceptors (Lipinski definition) is 2. The minimum absolute atomic E-state index is 0.125. The molecule has 110 valence electrons. The van der Waals surface area contributed by atoms with E-state index in [1.807, 2.05) is 0 Å². The largest absolute Gasteiger partial charge is 0.330 e. The summed E-state index contributed by atoms with van der Waals surface area (Å²) in [6.07, 6.45) is 15.2. The normalized spacial score (nSPS) is 12.0. The van der Waals surface area contributed by atoms with E-state index in [1.165, 1.54) is 77.0 Å². The lowest BCUT2D eigenvalue weighted by Gasteiger charge is -2.30. The molecule has 0 aromatic carbocycles. The summed E-state index contributed by atoms with van der Waals surface area (Å²) in [5, 5.41) is 0. The van der Waals surface area contributed by atoms with Crippen LogP contribution in [-0.2, 0) is 0 Å². The summed E-state index contributed by atoms with van der Waals surface area (Å²) in [7, 11) is 0. The second-order valence-corrected chi connectivity index (χ2v) is 5.88. The van der Waals surface area contributed by atoms with Gasteiger partial charge in [-0.25, -0.2) is 0 Å². The average Bonchev–Trinajstić information content (AvgIpc) is 2.38. The minimum atomic E-state index is 0.125. The van der Waals surface area contributed by atoms with Crippen molar-refractivity contribution in [2.45, 2.75) is 96.4 Å². The molecule has 0 unspecified atom stereocenters. The Hall–Kier alpha value is -0.0800. The zero-order chi connectivity index (χ0) is 13.7. The Kier molecular flexibility index (Phi) is 11.9. The molecule has 0 aromatic rings. The van der Waals surface area contributed by atoms with Gasteiger partial charge in [0.05, 0.1) is 0 Å². The lowest BCUT2D eigenvalue weighted by molar-refractivity contribution is 0.309. The Morgan fingerprint density at radius 1 is 0.667 bits per heavy atom. The number of nitrogens with two attached hydrogens (primary N) is 2. The lowest BCUT2D eigenvalue weighted by Crippen LogP contribution is -2.39. The van der Waals surface area contributed by atoms with E-state index in [-0.39, 0.29) is 5.54 Å². The Morgan fingerprint density at radius 2 is 1.11 bits per heavy atom. The summed E-state index contributed by atoms with van der Waals surface area (Å²) in [5.41, 5.74) is 12.2. The van der Waals surface area contributed by atoms with E-state index >= 15 is 0 Å². The quantitative estimate of drug-likeness (QED) is 0.481. The molecule has 0 bridgehead atoms. The van der Waals surface area contributed by atoms with Gasteiger partial charge >= 0.3 is 0 Å². The van der Waals surface area contributed by atoms with Crippen molar-refractivity contribution in [3.63, 3.8) is 0 Å². The molecule has 0 saturated carbocycles. The van der Waals surface area contributed by atoms with Crippen molar-refractivity contribution in [1.82, 2.24) is 0 Å². The maximum atomic E-state index is 6.59. The molecular weight excluding hydrogens is 220 g/mol. The van der Waals surface area contributed by atoms with Crippen LogP contribution in [0.3, 0.4) is 0 Å². The van der Waals surface area contributed by atoms with Gasteiger partial charge in [-0.2, -0.15) is 0 Å². The van der Waals surface area contributed by atoms with E-state index in [2.05, 4.69) is 13.8 Å². The molecule has 18 heavy (non-hydrogen) atoms. The third kappa shape index (κ3) is 9.90. The van der Waals surface area contributed by atoms with E-state index < -0.39 is 0 Å². The second-order valence-electron chi connectivity index (χ2n) is 5.88. The van der Waals surface area contributed by atoms with E-state index in [0.29, 0.717) is 0 Å². The molecule has 0 aliphatic heterocycles. The van der Waals surface area contributed by atoms with Crippen LogP contribution < -0.4 is 11.5 Å². The maximum Gasteiger partial charge on any atom is 0.0154 e. The van der Waals surface area contributed by atoms with E-state index in [9.17, 15) is 0 Å². The Morgan fingerprint density at radius 3 is 1.61 bits per heavy atom. The zero-order valence-electron chi connectivity index (χ0n) is 12.8. The van der Waals surface area contributed by atoms with Crippen molar-refractivity contribution in [2.24, 2.45) is 11.5 Å². The summed E-state index contributed by atoms with van der Waals surface area (Å²) in [4.78, 5) is 0. The summed E-state index contributed by atoms with van der Waals surface area (Å²) in [5.74, 6) is 0. The molecule has 0 rings (SSSR count). The van der Waals surface area contributed by atoms with Gasteiger partial charge in [0.15, 0.2) is 0 Å². The fraction of sp³-hybridized carbons (Fsp3) is 1.00. The number of rotatable bonds is 13. The molecule has 0 heterocycles. The molecule has 2 nitrogen and oxygen atoms in total. The van der Waals surface area contributed by atoms with Crippen LogP contribution in [-0.4, -0.2) is 12.1 Å². The average molecular weight is 256 g/mol. The molecule has 0 spiro atoms. The SMILES string of the molecule is CCCCC(N)(CCCC)CCCCCCCN. The van der Waals surface area contributed by atoms with Crippen molar-refractivity contribution < 1.29 is 0 Å². The molecular formula is C16H36N2. The van der Waals surface area contributed by atoms with Gasteiger partial charge in [-0.05, 0) is 32.2 Å². The van der Waals surface area contributed by atoms with Crippen molar-refractivity contribution in [2.75, 3.05) is 6.54 Å². The third-order valence-electron chi connectivity index (χ3n) is 3.94. The first-order valence-corrected chi connectivity index (χ1v) is 8.17. The molecule has 0 saturated heterocycles. The number of unbranched alkanes of at least 4 members (excludes halogenated alkanes) is 6. The van der Waals surface area contributed by atoms with E-state index in [0.717, 1.165) is 6.54 Å². The predicted molar refractivity (Wildman–Crippen MR) is 82.7 cm³/mol. The minimum Gasteiger partial charge on any atom is -0.330 e. The third-order valence-corrected chi connectivity index (χ3v) is 3.94. The highest BCUT2D eigenvalue weighted by molar-refractivity contribution is 4.83. The topological polar surface area (TPSA) is 52.0 Å². The van der Waals surface area contributed by atoms with Crippen LogP contribution in [0.15, 0.2) is 0 Å². The summed E-state index contributed by atoms with van der Waals surface area (Å²) in [6.45, 7) is 5.36. The maximum absolute atomic E-state index is 6.59. The fourth-order valence-corrected chi connectivity index (χ4v) is 2.58. The van der Waals surface area contributed by atoms with Crippen molar-refractivity contribution in [3.05, 3.63) is 0 Å². The summed E-state index contributed by atoms with van der Waals surface area (Å²) < 4.78 is 0. The van der Waals surface area contributed by atoms with Gasteiger partial charge < -0.3 is 11.5 Å². The van der Waals surface area contributed by atoms with Crippen molar-refractivity contribution in [1.29, 1.82) is 0 Å². The van der Waals surface area contributed by atoms with Crippen LogP contribution in [0.25, 0.3) is 0 Å². The molecule has 0 radical (unpaired) electrons. The Labute approximate surface area is 115 Å². The molecule has 0 aromatic heterocycles. The highest BCUT2D eigenvalue weighted by Crippen LogP contribution is 2.25. The molecule has 0 aliphatic carbocycles. The monoisotopic (exact) mass is 256 g/mol. The molecule has 0 amide bonds. The van der Waals surface area contributed by atoms with Crippen LogP contribution in [0.4, 0.5) is 0 Å². The fourth-order valence-electron chi connectivity index (χ4n) is 2.58. The predicted octanol–water partition coefficient (Wildman–Crippen LogP) is 4.36. The van der Waals surface area contributed by atoms with Crippen LogP contribution in [0.5, 0.6) is 0 Å². The molecule has 0 aliphatic rings. The van der Waals surface area contributed by atoms with E-state index in [4.69, 9.17) is 11.5 Å². The summed E-state index contributed by atoms with van der Waals surface area (Å²) in [6, 6.07) is 0. The van der Waals surface area contributed by atoms with Crippen molar-refractivity contribution in [3.8, 4) is 0 Å². The Balaban J connectivity index is 3.77. The van der Waals surface area contributed by atoms with Gasteiger partial charge in [0.1, 0.15) is 0 Å². The van der Waals surface area contributed by atoms with Crippen LogP contribution in [0, 0.1) is 0 Å². The van der Waals surface area contributed by atoms with Gasteiger partial charge in [0.2, 0.25) is 0 Å². The highest BCUT2D eigenvalue weighted by atomic mass is 14.7. The molecule has 0 atom stereocenters.